The molecule has 15 heavy (non-hydrogen) atoms. The summed E-state index contributed by atoms with van der Waals surface area (Å²) in [4.78, 5) is 0. The number of hydrogen-bond donors (Lipinski definition) is 4. The second kappa shape index (κ2) is 5.74. The van der Waals surface area contributed by atoms with Crippen LogP contribution in [0.3, 0.4) is 0 Å². The Morgan fingerprint density at radius 3 is 2.33 bits per heavy atom. The molecule has 0 amide bonds. The number of aliphatic hydroxyl groups excluding tert-OH is 4. The van der Waals surface area contributed by atoms with Crippen LogP contribution in [0.25, 0.3) is 0 Å². The molecular weight excluding hydrogens is 204 g/mol. The highest BCUT2D eigenvalue weighted by Gasteiger charge is 2.43. The van der Waals surface area contributed by atoms with Crippen molar-refractivity contribution in [2.75, 3.05) is 13.2 Å². The Morgan fingerprint density at radius 2 is 1.80 bits per heavy atom. The number of rotatable bonds is 4. The second-order valence-corrected chi connectivity index (χ2v) is 3.57. The van der Waals surface area contributed by atoms with Crippen molar-refractivity contribution in [2.45, 2.75) is 44.1 Å². The summed E-state index contributed by atoms with van der Waals surface area (Å²) in [6, 6.07) is 0. The van der Waals surface area contributed by atoms with E-state index in [1.807, 2.05) is 6.92 Å². The van der Waals surface area contributed by atoms with Crippen molar-refractivity contribution in [1.29, 1.82) is 0 Å². The van der Waals surface area contributed by atoms with Gasteiger partial charge in [-0.3, -0.25) is 0 Å². The van der Waals surface area contributed by atoms with Crippen molar-refractivity contribution >= 4 is 0 Å². The van der Waals surface area contributed by atoms with Gasteiger partial charge in [0.2, 0.25) is 0 Å². The first-order valence-electron chi connectivity index (χ1n) is 5.04. The largest absolute Gasteiger partial charge is 0.394 e. The molecule has 4 N–H and O–H groups in total. The number of ether oxygens (including phenoxy) is 2. The maximum absolute atomic E-state index is 9.51. The molecule has 0 saturated carbocycles. The maximum Gasteiger partial charge on any atom is 0.186 e. The van der Waals surface area contributed by atoms with Crippen molar-refractivity contribution in [2.24, 2.45) is 0 Å². The molecule has 90 valence electrons. The first kappa shape index (κ1) is 12.8. The molecule has 6 nitrogen and oxygen atoms in total. The Kier molecular flexibility index (Phi) is 4.91. The topological polar surface area (TPSA) is 99.4 Å². The van der Waals surface area contributed by atoms with Gasteiger partial charge in [-0.1, -0.05) is 6.92 Å². The second-order valence-electron chi connectivity index (χ2n) is 3.57. The van der Waals surface area contributed by atoms with Crippen LogP contribution < -0.4 is 0 Å². The summed E-state index contributed by atoms with van der Waals surface area (Å²) in [5.74, 6) is 0. The van der Waals surface area contributed by atoms with Crippen LogP contribution in [-0.2, 0) is 9.47 Å². The quantitative estimate of drug-likeness (QED) is 0.448. The van der Waals surface area contributed by atoms with Gasteiger partial charge in [0.05, 0.1) is 6.61 Å². The predicted molar refractivity (Wildman–Crippen MR) is 50.0 cm³/mol. The Labute approximate surface area is 88.1 Å². The first-order chi connectivity index (χ1) is 7.11. The van der Waals surface area contributed by atoms with Gasteiger partial charge >= 0.3 is 0 Å². The third kappa shape index (κ3) is 2.87. The highest BCUT2D eigenvalue weighted by atomic mass is 16.7. The summed E-state index contributed by atoms with van der Waals surface area (Å²) in [7, 11) is 0. The van der Waals surface area contributed by atoms with E-state index in [9.17, 15) is 15.3 Å². The molecule has 1 aliphatic heterocycles. The zero-order valence-electron chi connectivity index (χ0n) is 8.61. The highest BCUT2D eigenvalue weighted by Crippen LogP contribution is 2.21. The van der Waals surface area contributed by atoms with Crippen molar-refractivity contribution in [3.63, 3.8) is 0 Å². The molecule has 0 bridgehead atoms. The molecular formula is C9H18O6. The van der Waals surface area contributed by atoms with Crippen LogP contribution in [0.15, 0.2) is 0 Å². The molecule has 1 fully saturated rings. The molecule has 0 aromatic heterocycles. The lowest BCUT2D eigenvalue weighted by Crippen LogP contribution is -2.59. The fourth-order valence-corrected chi connectivity index (χ4v) is 1.44. The highest BCUT2D eigenvalue weighted by molar-refractivity contribution is 4.88. The Bertz CT molecular complexity index is 185. The van der Waals surface area contributed by atoms with Gasteiger partial charge < -0.3 is 29.9 Å². The zero-order chi connectivity index (χ0) is 11.4. The van der Waals surface area contributed by atoms with Crippen LogP contribution in [0.1, 0.15) is 13.3 Å². The monoisotopic (exact) mass is 222 g/mol. The lowest BCUT2D eigenvalue weighted by molar-refractivity contribution is -0.300. The SMILES string of the molecule is CCCO[C@H]1O[C@H](CO)[C@H](O)[C@@H](O)[C@H]1O. The summed E-state index contributed by atoms with van der Waals surface area (Å²) in [5.41, 5.74) is 0. The normalized spacial score (nSPS) is 41.8. The van der Waals surface area contributed by atoms with E-state index in [1.54, 1.807) is 0 Å². The number of hydrogen-bond acceptors (Lipinski definition) is 6. The Hall–Kier alpha value is -0.240. The molecule has 0 spiro atoms. The molecule has 0 aromatic carbocycles. The maximum atomic E-state index is 9.51. The lowest BCUT2D eigenvalue weighted by atomic mass is 9.99. The first-order valence-corrected chi connectivity index (χ1v) is 5.04. The average Bonchev–Trinajstić information content (AvgIpc) is 2.25. The molecule has 6 heteroatoms. The number of aliphatic hydroxyl groups is 4. The van der Waals surface area contributed by atoms with E-state index in [-0.39, 0.29) is 0 Å². The van der Waals surface area contributed by atoms with Crippen LogP contribution in [0.4, 0.5) is 0 Å². The van der Waals surface area contributed by atoms with Gasteiger partial charge in [0.25, 0.3) is 0 Å². The average molecular weight is 222 g/mol. The van der Waals surface area contributed by atoms with Crippen LogP contribution in [0.2, 0.25) is 0 Å². The van der Waals surface area contributed by atoms with Gasteiger partial charge in [0.15, 0.2) is 6.29 Å². The summed E-state index contributed by atoms with van der Waals surface area (Å²) in [6.45, 7) is 1.84. The van der Waals surface area contributed by atoms with Crippen LogP contribution >= 0.6 is 0 Å². The molecule has 0 aliphatic carbocycles. The fraction of sp³-hybridized carbons (Fsp3) is 1.00. The molecule has 1 aliphatic rings. The van der Waals surface area contributed by atoms with Crippen LogP contribution in [0.5, 0.6) is 0 Å². The molecule has 1 rings (SSSR count). The van der Waals surface area contributed by atoms with Crippen molar-refractivity contribution in [1.82, 2.24) is 0 Å². The fourth-order valence-electron chi connectivity index (χ4n) is 1.44. The minimum atomic E-state index is -1.36. The van der Waals surface area contributed by atoms with E-state index in [2.05, 4.69) is 0 Å². The van der Waals surface area contributed by atoms with E-state index in [4.69, 9.17) is 14.6 Å². The van der Waals surface area contributed by atoms with E-state index in [0.717, 1.165) is 6.42 Å². The molecule has 0 radical (unpaired) electrons. The Morgan fingerprint density at radius 1 is 1.13 bits per heavy atom. The van der Waals surface area contributed by atoms with Crippen LogP contribution in [-0.4, -0.2) is 64.3 Å². The van der Waals surface area contributed by atoms with Crippen molar-refractivity contribution in [3.8, 4) is 0 Å². The van der Waals surface area contributed by atoms with Gasteiger partial charge in [-0.15, -0.1) is 0 Å². The van der Waals surface area contributed by atoms with Crippen molar-refractivity contribution in [3.05, 3.63) is 0 Å². The zero-order valence-corrected chi connectivity index (χ0v) is 8.61. The van der Waals surface area contributed by atoms with E-state index < -0.39 is 37.3 Å². The lowest BCUT2D eigenvalue weighted by Gasteiger charge is -2.39. The summed E-state index contributed by atoms with van der Waals surface area (Å²) in [6.07, 6.45) is -5.14. The van der Waals surface area contributed by atoms with Gasteiger partial charge in [0, 0.05) is 6.61 Å². The van der Waals surface area contributed by atoms with Gasteiger partial charge in [-0.25, -0.2) is 0 Å². The standard InChI is InChI=1S/C9H18O6/c1-2-3-14-9-8(13)7(12)6(11)5(4-10)15-9/h5-13H,2-4H2,1H3/t5-,6+,7-,8-,9+/m1/s1. The van der Waals surface area contributed by atoms with Crippen LogP contribution in [0, 0.1) is 0 Å². The van der Waals surface area contributed by atoms with E-state index in [1.165, 1.54) is 0 Å². The molecule has 0 unspecified atom stereocenters. The minimum absolute atomic E-state index is 0.378. The van der Waals surface area contributed by atoms with Crippen molar-refractivity contribution < 1.29 is 29.9 Å². The molecule has 1 saturated heterocycles. The van der Waals surface area contributed by atoms with Gasteiger partial charge in [0.1, 0.15) is 24.4 Å². The molecule has 1 heterocycles. The van der Waals surface area contributed by atoms with Gasteiger partial charge in [-0.05, 0) is 6.42 Å². The van der Waals surface area contributed by atoms with Gasteiger partial charge in [-0.2, -0.15) is 0 Å². The molecule has 0 aromatic rings. The third-order valence-corrected chi connectivity index (χ3v) is 2.33. The predicted octanol–water partition coefficient (Wildman–Crippen LogP) is -1.79. The minimum Gasteiger partial charge on any atom is -0.394 e. The smallest absolute Gasteiger partial charge is 0.186 e. The summed E-state index contributed by atoms with van der Waals surface area (Å²) < 4.78 is 10.2. The third-order valence-electron chi connectivity index (χ3n) is 2.33. The van der Waals surface area contributed by atoms with E-state index in [0.29, 0.717) is 6.61 Å². The summed E-state index contributed by atoms with van der Waals surface area (Å²) >= 11 is 0. The molecule has 5 atom stereocenters. The summed E-state index contributed by atoms with van der Waals surface area (Å²) in [5, 5.41) is 37.2. The Balaban J connectivity index is 2.57. The van der Waals surface area contributed by atoms with E-state index >= 15 is 0 Å².